The summed E-state index contributed by atoms with van der Waals surface area (Å²) in [6, 6.07) is 6.21. The Morgan fingerprint density at radius 3 is 2.73 bits per heavy atom. The zero-order chi connectivity index (χ0) is 11.3. The maximum atomic E-state index is 5.98. The Morgan fingerprint density at radius 1 is 1.40 bits per heavy atom. The lowest BCUT2D eigenvalue weighted by molar-refractivity contribution is 0.328. The van der Waals surface area contributed by atoms with E-state index in [0.29, 0.717) is 0 Å². The summed E-state index contributed by atoms with van der Waals surface area (Å²) in [4.78, 5) is 2.29. The summed E-state index contributed by atoms with van der Waals surface area (Å²) in [6.07, 6.45) is 0. The van der Waals surface area contributed by atoms with E-state index in [-0.39, 0.29) is 0 Å². The smallest absolute Gasteiger partial charge is 0.0435 e. The van der Waals surface area contributed by atoms with Crippen molar-refractivity contribution in [1.29, 1.82) is 0 Å². The average molecular weight is 227 g/mol. The predicted molar refractivity (Wildman–Crippen MR) is 66.4 cm³/mol. The minimum atomic E-state index is 0.844. The number of hydrogen-bond acceptors (Lipinski definition) is 2. The molecule has 1 aromatic carbocycles. The van der Waals surface area contributed by atoms with Gasteiger partial charge in [-0.2, -0.15) is 0 Å². The molecule has 1 rings (SSSR count). The third-order valence-electron chi connectivity index (χ3n) is 2.42. The molecule has 0 aliphatic rings. The predicted octanol–water partition coefficient (Wildman–Crippen LogP) is 2.30. The van der Waals surface area contributed by atoms with E-state index < -0.39 is 0 Å². The van der Waals surface area contributed by atoms with Crippen molar-refractivity contribution >= 4 is 11.6 Å². The molecular formula is C12H19ClN2. The van der Waals surface area contributed by atoms with Gasteiger partial charge in [0.25, 0.3) is 0 Å². The topological polar surface area (TPSA) is 15.3 Å². The molecule has 0 heterocycles. The minimum Gasteiger partial charge on any atom is -0.318 e. The number of rotatable bonds is 5. The first kappa shape index (κ1) is 12.5. The second-order valence-electron chi connectivity index (χ2n) is 3.92. The first-order chi connectivity index (χ1) is 7.13. The monoisotopic (exact) mass is 226 g/mol. The molecule has 3 heteroatoms. The summed E-state index contributed by atoms with van der Waals surface area (Å²) < 4.78 is 0. The Hall–Kier alpha value is -0.570. The van der Waals surface area contributed by atoms with Crippen LogP contribution in [0.5, 0.6) is 0 Å². The highest BCUT2D eigenvalue weighted by atomic mass is 35.5. The van der Waals surface area contributed by atoms with Crippen molar-refractivity contribution in [3.8, 4) is 0 Å². The standard InChI is InChI=1S/C12H19ClN2/c1-10-8-11(4-5-12(10)13)9-15(3)7-6-14-2/h4-5,8,14H,6-7,9H2,1-3H3. The number of aryl methyl sites for hydroxylation is 1. The SMILES string of the molecule is CNCCN(C)Cc1ccc(Cl)c(C)c1. The molecule has 0 aromatic heterocycles. The van der Waals surface area contributed by atoms with Gasteiger partial charge in [0.1, 0.15) is 0 Å². The molecule has 0 atom stereocenters. The Labute approximate surface area is 97.2 Å². The van der Waals surface area contributed by atoms with Crippen LogP contribution in [-0.4, -0.2) is 32.1 Å². The third-order valence-corrected chi connectivity index (χ3v) is 2.84. The number of hydrogen-bond donors (Lipinski definition) is 1. The highest BCUT2D eigenvalue weighted by molar-refractivity contribution is 6.31. The third kappa shape index (κ3) is 4.20. The largest absolute Gasteiger partial charge is 0.318 e. The van der Waals surface area contributed by atoms with Gasteiger partial charge in [-0.15, -0.1) is 0 Å². The maximum Gasteiger partial charge on any atom is 0.0435 e. The van der Waals surface area contributed by atoms with Gasteiger partial charge in [-0.05, 0) is 38.2 Å². The van der Waals surface area contributed by atoms with E-state index in [1.165, 1.54) is 5.56 Å². The lowest BCUT2D eigenvalue weighted by Gasteiger charge is -2.16. The van der Waals surface area contributed by atoms with Crippen molar-refractivity contribution in [2.45, 2.75) is 13.5 Å². The second-order valence-corrected chi connectivity index (χ2v) is 4.33. The van der Waals surface area contributed by atoms with Crippen LogP contribution >= 0.6 is 11.6 Å². The molecule has 1 aromatic rings. The van der Waals surface area contributed by atoms with Crippen molar-refractivity contribution in [3.05, 3.63) is 34.3 Å². The summed E-state index contributed by atoms with van der Waals surface area (Å²) in [7, 11) is 4.10. The van der Waals surface area contributed by atoms with Crippen molar-refractivity contribution in [2.75, 3.05) is 27.2 Å². The van der Waals surface area contributed by atoms with Gasteiger partial charge in [0.2, 0.25) is 0 Å². The number of nitrogens with one attached hydrogen (secondary N) is 1. The molecular weight excluding hydrogens is 208 g/mol. The molecule has 0 radical (unpaired) electrons. The van der Waals surface area contributed by atoms with Gasteiger partial charge in [0.15, 0.2) is 0 Å². The molecule has 0 aliphatic heterocycles. The fourth-order valence-corrected chi connectivity index (χ4v) is 1.62. The van der Waals surface area contributed by atoms with E-state index in [2.05, 4.69) is 29.4 Å². The normalized spacial score (nSPS) is 11.0. The van der Waals surface area contributed by atoms with Crippen molar-refractivity contribution < 1.29 is 0 Å². The van der Waals surface area contributed by atoms with E-state index in [1.807, 2.05) is 20.0 Å². The van der Waals surface area contributed by atoms with Gasteiger partial charge in [0, 0.05) is 24.7 Å². The molecule has 84 valence electrons. The van der Waals surface area contributed by atoms with E-state index >= 15 is 0 Å². The highest BCUT2D eigenvalue weighted by Crippen LogP contribution is 2.16. The highest BCUT2D eigenvalue weighted by Gasteiger charge is 2.01. The molecule has 0 aliphatic carbocycles. The fraction of sp³-hybridized carbons (Fsp3) is 0.500. The molecule has 0 spiro atoms. The van der Waals surface area contributed by atoms with Gasteiger partial charge < -0.3 is 10.2 Å². The van der Waals surface area contributed by atoms with Crippen LogP contribution in [0.2, 0.25) is 5.02 Å². The lowest BCUT2D eigenvalue weighted by atomic mass is 10.1. The molecule has 0 unspecified atom stereocenters. The van der Waals surface area contributed by atoms with Crippen LogP contribution in [0.4, 0.5) is 0 Å². The van der Waals surface area contributed by atoms with Gasteiger partial charge in [0.05, 0.1) is 0 Å². The van der Waals surface area contributed by atoms with Crippen LogP contribution in [0.25, 0.3) is 0 Å². The zero-order valence-corrected chi connectivity index (χ0v) is 10.4. The first-order valence-electron chi connectivity index (χ1n) is 5.21. The molecule has 15 heavy (non-hydrogen) atoms. The van der Waals surface area contributed by atoms with Crippen LogP contribution in [0.3, 0.4) is 0 Å². The maximum absolute atomic E-state index is 5.98. The second kappa shape index (κ2) is 6.11. The molecule has 0 saturated carbocycles. The van der Waals surface area contributed by atoms with Crippen LogP contribution < -0.4 is 5.32 Å². The van der Waals surface area contributed by atoms with Crippen molar-refractivity contribution in [3.63, 3.8) is 0 Å². The van der Waals surface area contributed by atoms with Crippen molar-refractivity contribution in [2.24, 2.45) is 0 Å². The summed E-state index contributed by atoms with van der Waals surface area (Å²) in [6.45, 7) is 5.08. The van der Waals surface area contributed by atoms with Gasteiger partial charge in [-0.1, -0.05) is 23.7 Å². The van der Waals surface area contributed by atoms with E-state index in [4.69, 9.17) is 11.6 Å². The Morgan fingerprint density at radius 2 is 2.13 bits per heavy atom. The average Bonchev–Trinajstić information content (AvgIpc) is 2.20. The summed E-state index contributed by atoms with van der Waals surface area (Å²) in [5, 5.41) is 3.99. The number of halogens is 1. The summed E-state index contributed by atoms with van der Waals surface area (Å²) in [5.74, 6) is 0. The van der Waals surface area contributed by atoms with Gasteiger partial charge >= 0.3 is 0 Å². The molecule has 0 saturated heterocycles. The van der Waals surface area contributed by atoms with Gasteiger partial charge in [-0.3, -0.25) is 0 Å². The molecule has 0 amide bonds. The van der Waals surface area contributed by atoms with Crippen LogP contribution in [0.1, 0.15) is 11.1 Å². The Bertz CT molecular complexity index is 312. The molecule has 1 N–H and O–H groups in total. The number of nitrogens with zero attached hydrogens (tertiary/aromatic N) is 1. The number of likely N-dealkylation sites (N-methyl/N-ethyl adjacent to an activating group) is 2. The van der Waals surface area contributed by atoms with Crippen LogP contribution in [0.15, 0.2) is 18.2 Å². The first-order valence-corrected chi connectivity index (χ1v) is 5.59. The summed E-state index contributed by atoms with van der Waals surface area (Å²) in [5.41, 5.74) is 2.46. The zero-order valence-electron chi connectivity index (χ0n) is 9.68. The minimum absolute atomic E-state index is 0.844. The fourth-order valence-electron chi connectivity index (χ4n) is 1.50. The molecule has 0 bridgehead atoms. The number of benzene rings is 1. The van der Waals surface area contributed by atoms with E-state index in [1.54, 1.807) is 0 Å². The van der Waals surface area contributed by atoms with E-state index in [0.717, 1.165) is 30.2 Å². The molecule has 2 nitrogen and oxygen atoms in total. The van der Waals surface area contributed by atoms with Crippen LogP contribution in [0, 0.1) is 6.92 Å². The van der Waals surface area contributed by atoms with Crippen LogP contribution in [-0.2, 0) is 6.54 Å². The molecule has 0 fully saturated rings. The lowest BCUT2D eigenvalue weighted by Crippen LogP contribution is -2.26. The van der Waals surface area contributed by atoms with Crippen molar-refractivity contribution in [1.82, 2.24) is 10.2 Å². The Balaban J connectivity index is 2.53. The quantitative estimate of drug-likeness (QED) is 0.829. The summed E-state index contributed by atoms with van der Waals surface area (Å²) >= 11 is 5.98. The Kier molecular flexibility index (Phi) is 5.09. The van der Waals surface area contributed by atoms with Gasteiger partial charge in [-0.25, -0.2) is 0 Å². The van der Waals surface area contributed by atoms with E-state index in [9.17, 15) is 0 Å².